The molecule has 0 fully saturated rings. The molecule has 1 aromatic rings. The van der Waals surface area contributed by atoms with Gasteiger partial charge in [-0.1, -0.05) is 0 Å². The fourth-order valence-corrected chi connectivity index (χ4v) is 1.50. The van der Waals surface area contributed by atoms with Gasteiger partial charge in [0.25, 0.3) is 0 Å². The van der Waals surface area contributed by atoms with E-state index in [0.29, 0.717) is 23.8 Å². The van der Waals surface area contributed by atoms with Crippen molar-refractivity contribution in [3.63, 3.8) is 0 Å². The van der Waals surface area contributed by atoms with Crippen LogP contribution in [0.1, 0.15) is 0 Å². The molecule has 4 N–H and O–H groups in total. The summed E-state index contributed by atoms with van der Waals surface area (Å²) in [5.41, 5.74) is 6.40. The minimum absolute atomic E-state index is 0.0720. The molecule has 18 heavy (non-hydrogen) atoms. The summed E-state index contributed by atoms with van der Waals surface area (Å²) in [6.07, 6.45) is 0. The van der Waals surface area contributed by atoms with Gasteiger partial charge in [0.05, 0.1) is 27.9 Å². The van der Waals surface area contributed by atoms with E-state index in [1.807, 2.05) is 0 Å². The van der Waals surface area contributed by atoms with Gasteiger partial charge in [-0.25, -0.2) is 0 Å². The average molecular weight is 256 g/mol. The van der Waals surface area contributed by atoms with Crippen LogP contribution in [0.25, 0.3) is 0 Å². The molecule has 0 aromatic heterocycles. The molecule has 0 aliphatic carbocycles. The van der Waals surface area contributed by atoms with Crippen LogP contribution in [0.5, 0.6) is 17.2 Å². The van der Waals surface area contributed by atoms with Gasteiger partial charge in [-0.05, 0) is 0 Å². The zero-order chi connectivity index (χ0) is 13.5. The zero-order valence-electron chi connectivity index (χ0n) is 10.9. The first kappa shape index (κ1) is 14.4. The van der Waals surface area contributed by atoms with Crippen LogP contribution in [0.3, 0.4) is 0 Å². The zero-order valence-corrected chi connectivity index (χ0v) is 10.9. The van der Waals surface area contributed by atoms with E-state index in [1.54, 1.807) is 33.5 Å². The lowest BCUT2D eigenvalue weighted by molar-refractivity contribution is 0.270. The third kappa shape index (κ3) is 3.41. The molecule has 1 atom stereocenters. The van der Waals surface area contributed by atoms with E-state index >= 15 is 0 Å². The molecule has 0 bridgehead atoms. The lowest BCUT2D eigenvalue weighted by Crippen LogP contribution is -2.32. The van der Waals surface area contributed by atoms with Crippen molar-refractivity contribution in [3.8, 4) is 17.2 Å². The Morgan fingerprint density at radius 2 is 1.72 bits per heavy atom. The highest BCUT2D eigenvalue weighted by Gasteiger charge is 2.13. The van der Waals surface area contributed by atoms with Gasteiger partial charge in [0.2, 0.25) is 5.75 Å². The van der Waals surface area contributed by atoms with Crippen molar-refractivity contribution < 1.29 is 19.3 Å². The number of benzene rings is 1. The molecule has 0 saturated heterocycles. The van der Waals surface area contributed by atoms with Crippen molar-refractivity contribution in [2.45, 2.75) is 6.04 Å². The largest absolute Gasteiger partial charge is 0.493 e. The van der Waals surface area contributed by atoms with Gasteiger partial charge in [-0.3, -0.25) is 0 Å². The molecule has 0 heterocycles. The topological polar surface area (TPSA) is 86.0 Å². The predicted octanol–water partition coefficient (Wildman–Crippen LogP) is 0.444. The van der Waals surface area contributed by atoms with Crippen LogP contribution in [-0.2, 0) is 0 Å². The van der Waals surface area contributed by atoms with Crippen LogP contribution in [0, 0.1) is 0 Å². The third-order valence-corrected chi connectivity index (χ3v) is 2.47. The standard InChI is InChI=1S/C12H20N2O4/c1-16-10-4-9(14-6-8(13)7-15)5-11(17-2)12(10)18-3/h4-5,8,14-15H,6-7,13H2,1-3H3. The highest BCUT2D eigenvalue weighted by molar-refractivity contribution is 5.62. The molecule has 0 saturated carbocycles. The van der Waals surface area contributed by atoms with Crippen molar-refractivity contribution in [1.82, 2.24) is 0 Å². The normalized spacial score (nSPS) is 11.8. The number of nitrogens with two attached hydrogens (primary N) is 1. The molecule has 6 nitrogen and oxygen atoms in total. The molecule has 102 valence electrons. The summed E-state index contributed by atoms with van der Waals surface area (Å²) >= 11 is 0. The number of aliphatic hydroxyl groups is 1. The average Bonchev–Trinajstić information content (AvgIpc) is 2.43. The minimum atomic E-state index is -0.316. The Hall–Kier alpha value is -1.66. The first-order valence-corrected chi connectivity index (χ1v) is 5.56. The van der Waals surface area contributed by atoms with E-state index in [2.05, 4.69) is 5.32 Å². The van der Waals surface area contributed by atoms with E-state index in [0.717, 1.165) is 5.69 Å². The van der Waals surface area contributed by atoms with Crippen molar-refractivity contribution in [3.05, 3.63) is 12.1 Å². The molecule has 0 aliphatic heterocycles. The molecular formula is C12H20N2O4. The lowest BCUT2D eigenvalue weighted by atomic mass is 10.2. The second-order valence-electron chi connectivity index (χ2n) is 3.74. The van der Waals surface area contributed by atoms with Crippen molar-refractivity contribution in [1.29, 1.82) is 0 Å². The lowest BCUT2D eigenvalue weighted by Gasteiger charge is -2.16. The van der Waals surface area contributed by atoms with Gasteiger partial charge >= 0.3 is 0 Å². The van der Waals surface area contributed by atoms with Crippen LogP contribution >= 0.6 is 0 Å². The Labute approximate surface area is 107 Å². The van der Waals surface area contributed by atoms with Crippen LogP contribution in [0.4, 0.5) is 5.69 Å². The maximum atomic E-state index is 8.86. The Balaban J connectivity index is 2.93. The van der Waals surface area contributed by atoms with E-state index in [4.69, 9.17) is 25.1 Å². The van der Waals surface area contributed by atoms with Gasteiger partial charge in [0.1, 0.15) is 0 Å². The Morgan fingerprint density at radius 1 is 1.17 bits per heavy atom. The SMILES string of the molecule is COc1cc(NCC(N)CO)cc(OC)c1OC. The number of methoxy groups -OCH3 is 3. The minimum Gasteiger partial charge on any atom is -0.493 e. The van der Waals surface area contributed by atoms with Gasteiger partial charge < -0.3 is 30.4 Å². The monoisotopic (exact) mass is 256 g/mol. The van der Waals surface area contributed by atoms with E-state index in [9.17, 15) is 0 Å². The summed E-state index contributed by atoms with van der Waals surface area (Å²) in [6.45, 7) is 0.382. The summed E-state index contributed by atoms with van der Waals surface area (Å²) in [5, 5.41) is 12.0. The summed E-state index contributed by atoms with van der Waals surface area (Å²) < 4.78 is 15.7. The highest BCUT2D eigenvalue weighted by atomic mass is 16.5. The molecule has 6 heteroatoms. The fourth-order valence-electron chi connectivity index (χ4n) is 1.50. The Bertz CT molecular complexity index is 359. The molecule has 1 unspecified atom stereocenters. The maximum Gasteiger partial charge on any atom is 0.203 e. The molecule has 0 aliphatic rings. The summed E-state index contributed by atoms with van der Waals surface area (Å²) in [4.78, 5) is 0. The van der Waals surface area contributed by atoms with E-state index in [1.165, 1.54) is 0 Å². The van der Waals surface area contributed by atoms with Crippen LogP contribution in [0.2, 0.25) is 0 Å². The van der Waals surface area contributed by atoms with E-state index < -0.39 is 0 Å². The van der Waals surface area contributed by atoms with Gasteiger partial charge in [0.15, 0.2) is 11.5 Å². The second-order valence-corrected chi connectivity index (χ2v) is 3.74. The summed E-state index contributed by atoms with van der Waals surface area (Å²) in [5.74, 6) is 1.67. The first-order valence-electron chi connectivity index (χ1n) is 5.56. The third-order valence-electron chi connectivity index (χ3n) is 2.47. The Morgan fingerprint density at radius 3 is 2.11 bits per heavy atom. The van der Waals surface area contributed by atoms with Crippen LogP contribution in [-0.4, -0.2) is 45.6 Å². The predicted molar refractivity (Wildman–Crippen MR) is 69.6 cm³/mol. The molecular weight excluding hydrogens is 236 g/mol. The quantitative estimate of drug-likeness (QED) is 0.656. The van der Waals surface area contributed by atoms with Crippen LogP contribution in [0.15, 0.2) is 12.1 Å². The number of rotatable bonds is 7. The molecule has 0 radical (unpaired) electrons. The smallest absolute Gasteiger partial charge is 0.203 e. The number of anilines is 1. The molecule has 0 amide bonds. The van der Waals surface area contributed by atoms with Crippen molar-refractivity contribution >= 4 is 5.69 Å². The number of hydrogen-bond donors (Lipinski definition) is 3. The summed E-state index contributed by atoms with van der Waals surface area (Å²) in [6, 6.07) is 3.25. The number of ether oxygens (including phenoxy) is 3. The summed E-state index contributed by atoms with van der Waals surface area (Å²) in [7, 11) is 4.66. The number of nitrogens with one attached hydrogen (secondary N) is 1. The van der Waals surface area contributed by atoms with Crippen LogP contribution < -0.4 is 25.3 Å². The van der Waals surface area contributed by atoms with Gasteiger partial charge in [0, 0.05) is 30.4 Å². The second kappa shape index (κ2) is 6.93. The molecule has 1 aromatic carbocycles. The highest BCUT2D eigenvalue weighted by Crippen LogP contribution is 2.39. The number of hydrogen-bond acceptors (Lipinski definition) is 6. The molecule has 0 spiro atoms. The molecule has 1 rings (SSSR count). The fraction of sp³-hybridized carbons (Fsp3) is 0.500. The van der Waals surface area contributed by atoms with Crippen molar-refractivity contribution in [2.24, 2.45) is 5.73 Å². The van der Waals surface area contributed by atoms with Gasteiger partial charge in [-0.15, -0.1) is 0 Å². The Kier molecular flexibility index (Phi) is 5.54. The van der Waals surface area contributed by atoms with E-state index in [-0.39, 0.29) is 12.6 Å². The first-order chi connectivity index (χ1) is 8.65. The number of aliphatic hydroxyl groups excluding tert-OH is 1. The van der Waals surface area contributed by atoms with Crippen molar-refractivity contribution in [2.75, 3.05) is 39.8 Å². The van der Waals surface area contributed by atoms with Gasteiger partial charge in [-0.2, -0.15) is 0 Å². The maximum absolute atomic E-state index is 8.86.